The molecule has 0 aliphatic heterocycles. The highest BCUT2D eigenvalue weighted by Crippen LogP contribution is 2.18. The van der Waals surface area contributed by atoms with Gasteiger partial charge in [0.2, 0.25) is 0 Å². The average molecular weight is 298 g/mol. The van der Waals surface area contributed by atoms with Crippen LogP contribution in [-0.4, -0.2) is 19.7 Å². The van der Waals surface area contributed by atoms with E-state index in [4.69, 9.17) is 12.2 Å². The van der Waals surface area contributed by atoms with Gasteiger partial charge in [0, 0.05) is 24.0 Å². The third-order valence-electron chi connectivity index (χ3n) is 3.63. The summed E-state index contributed by atoms with van der Waals surface area (Å²) < 4.78 is 2.77. The van der Waals surface area contributed by atoms with Crippen molar-refractivity contribution >= 4 is 23.1 Å². The van der Waals surface area contributed by atoms with E-state index in [9.17, 15) is 0 Å². The molecule has 0 saturated heterocycles. The molecule has 0 aliphatic carbocycles. The summed E-state index contributed by atoms with van der Waals surface area (Å²) in [5.41, 5.74) is 2.31. The summed E-state index contributed by atoms with van der Waals surface area (Å²) in [5, 5.41) is 8.39. The SMILES string of the molecule is CC(C)c1n[nH]c(=S)n1CCc1cccc2cccnc12. The Hall–Kier alpha value is -2.01. The van der Waals surface area contributed by atoms with Gasteiger partial charge in [0.05, 0.1) is 5.52 Å². The number of pyridine rings is 1. The second kappa shape index (κ2) is 5.77. The number of hydrogen-bond donors (Lipinski definition) is 1. The molecule has 0 saturated carbocycles. The van der Waals surface area contributed by atoms with E-state index in [0.717, 1.165) is 24.3 Å². The van der Waals surface area contributed by atoms with Crippen molar-refractivity contribution in [1.82, 2.24) is 19.7 Å². The molecule has 0 radical (unpaired) electrons. The zero-order valence-electron chi connectivity index (χ0n) is 12.2. The van der Waals surface area contributed by atoms with Crippen LogP contribution in [0.3, 0.4) is 0 Å². The van der Waals surface area contributed by atoms with Crippen LogP contribution in [0.4, 0.5) is 0 Å². The largest absolute Gasteiger partial charge is 0.304 e. The van der Waals surface area contributed by atoms with E-state index in [1.54, 1.807) is 0 Å². The van der Waals surface area contributed by atoms with Gasteiger partial charge in [0.1, 0.15) is 5.82 Å². The first-order valence-corrected chi connectivity index (χ1v) is 7.55. The first-order valence-electron chi connectivity index (χ1n) is 7.14. The Balaban J connectivity index is 1.91. The fourth-order valence-electron chi connectivity index (χ4n) is 2.59. The van der Waals surface area contributed by atoms with E-state index in [2.05, 4.69) is 57.9 Å². The van der Waals surface area contributed by atoms with Crippen LogP contribution in [0, 0.1) is 4.77 Å². The lowest BCUT2D eigenvalue weighted by Crippen LogP contribution is -2.08. The number of fused-ring (bicyclic) bond motifs is 1. The maximum Gasteiger partial charge on any atom is 0.195 e. The van der Waals surface area contributed by atoms with Crippen molar-refractivity contribution in [2.24, 2.45) is 0 Å². The van der Waals surface area contributed by atoms with Gasteiger partial charge < -0.3 is 4.57 Å². The molecule has 0 fully saturated rings. The minimum Gasteiger partial charge on any atom is -0.304 e. The number of para-hydroxylation sites is 1. The highest BCUT2D eigenvalue weighted by molar-refractivity contribution is 7.71. The Morgan fingerprint density at radius 3 is 2.86 bits per heavy atom. The maximum atomic E-state index is 5.33. The fraction of sp³-hybridized carbons (Fsp3) is 0.312. The van der Waals surface area contributed by atoms with Crippen LogP contribution < -0.4 is 0 Å². The molecule has 0 atom stereocenters. The first kappa shape index (κ1) is 13.9. The summed E-state index contributed by atoms with van der Waals surface area (Å²) in [4.78, 5) is 4.50. The van der Waals surface area contributed by atoms with E-state index in [1.807, 2.05) is 12.3 Å². The number of hydrogen-bond acceptors (Lipinski definition) is 3. The van der Waals surface area contributed by atoms with E-state index in [1.165, 1.54) is 10.9 Å². The molecule has 3 aromatic rings. The van der Waals surface area contributed by atoms with Crippen LogP contribution in [0.15, 0.2) is 36.5 Å². The summed E-state index contributed by atoms with van der Waals surface area (Å²) >= 11 is 5.33. The summed E-state index contributed by atoms with van der Waals surface area (Å²) in [7, 11) is 0. The van der Waals surface area contributed by atoms with E-state index in [0.29, 0.717) is 10.7 Å². The van der Waals surface area contributed by atoms with Crippen LogP contribution in [0.1, 0.15) is 31.2 Å². The summed E-state index contributed by atoms with van der Waals surface area (Å²) in [5.74, 6) is 1.36. The molecule has 1 aromatic carbocycles. The molecule has 0 bridgehead atoms. The van der Waals surface area contributed by atoms with Gasteiger partial charge in [-0.3, -0.25) is 10.1 Å². The highest BCUT2D eigenvalue weighted by atomic mass is 32.1. The molecule has 5 heteroatoms. The second-order valence-electron chi connectivity index (χ2n) is 5.44. The van der Waals surface area contributed by atoms with Crippen molar-refractivity contribution in [3.05, 3.63) is 52.7 Å². The van der Waals surface area contributed by atoms with Gasteiger partial charge in [-0.1, -0.05) is 38.1 Å². The second-order valence-corrected chi connectivity index (χ2v) is 5.82. The predicted octanol–water partition coefficient (Wildman–Crippen LogP) is 3.85. The zero-order chi connectivity index (χ0) is 14.8. The van der Waals surface area contributed by atoms with Crippen molar-refractivity contribution in [2.45, 2.75) is 32.7 Å². The van der Waals surface area contributed by atoms with Crippen molar-refractivity contribution in [3.63, 3.8) is 0 Å². The van der Waals surface area contributed by atoms with Crippen LogP contribution in [0.5, 0.6) is 0 Å². The minimum atomic E-state index is 0.351. The Morgan fingerprint density at radius 2 is 2.05 bits per heavy atom. The van der Waals surface area contributed by atoms with Crippen molar-refractivity contribution in [2.75, 3.05) is 0 Å². The first-order chi connectivity index (χ1) is 10.2. The smallest absolute Gasteiger partial charge is 0.195 e. The summed E-state index contributed by atoms with van der Waals surface area (Å²) in [6, 6.07) is 10.4. The summed E-state index contributed by atoms with van der Waals surface area (Å²) in [6.45, 7) is 5.07. The average Bonchev–Trinajstić information content (AvgIpc) is 2.86. The number of aromatic nitrogens is 4. The van der Waals surface area contributed by atoms with Crippen LogP contribution >= 0.6 is 12.2 Å². The Kier molecular flexibility index (Phi) is 3.84. The lowest BCUT2D eigenvalue weighted by molar-refractivity contribution is 0.615. The van der Waals surface area contributed by atoms with E-state index in [-0.39, 0.29) is 0 Å². The van der Waals surface area contributed by atoms with Gasteiger partial charge >= 0.3 is 0 Å². The molecule has 2 aromatic heterocycles. The lowest BCUT2D eigenvalue weighted by Gasteiger charge is -2.10. The van der Waals surface area contributed by atoms with Crippen molar-refractivity contribution in [1.29, 1.82) is 0 Å². The molecule has 0 spiro atoms. The number of nitrogens with zero attached hydrogens (tertiary/aromatic N) is 3. The summed E-state index contributed by atoms with van der Waals surface area (Å²) in [6.07, 6.45) is 2.73. The number of rotatable bonds is 4. The standard InChI is InChI=1S/C16H18N4S/c1-11(2)15-18-19-16(21)20(15)10-8-13-6-3-5-12-7-4-9-17-14(12)13/h3-7,9,11H,8,10H2,1-2H3,(H,19,21). The third kappa shape index (κ3) is 2.74. The van der Waals surface area contributed by atoms with Crippen molar-refractivity contribution in [3.8, 4) is 0 Å². The van der Waals surface area contributed by atoms with Crippen LogP contribution in [0.2, 0.25) is 0 Å². The molecular formula is C16H18N4S. The number of aryl methyl sites for hydroxylation is 1. The fourth-order valence-corrected chi connectivity index (χ4v) is 2.82. The molecule has 1 N–H and O–H groups in total. The number of nitrogens with one attached hydrogen (secondary N) is 1. The van der Waals surface area contributed by atoms with E-state index >= 15 is 0 Å². The molecule has 21 heavy (non-hydrogen) atoms. The molecule has 0 unspecified atom stereocenters. The minimum absolute atomic E-state index is 0.351. The van der Waals surface area contributed by atoms with Gasteiger partial charge in [0.25, 0.3) is 0 Å². The predicted molar refractivity (Wildman–Crippen MR) is 86.9 cm³/mol. The van der Waals surface area contributed by atoms with E-state index < -0.39 is 0 Å². The van der Waals surface area contributed by atoms with Gasteiger partial charge in [-0.2, -0.15) is 5.10 Å². The zero-order valence-corrected chi connectivity index (χ0v) is 13.0. The monoisotopic (exact) mass is 298 g/mol. The lowest BCUT2D eigenvalue weighted by atomic mass is 10.1. The third-order valence-corrected chi connectivity index (χ3v) is 3.94. The van der Waals surface area contributed by atoms with Gasteiger partial charge in [0.15, 0.2) is 4.77 Å². The molecule has 4 nitrogen and oxygen atoms in total. The topological polar surface area (TPSA) is 46.5 Å². The Morgan fingerprint density at radius 1 is 1.24 bits per heavy atom. The number of benzene rings is 1. The van der Waals surface area contributed by atoms with Gasteiger partial charge in [-0.05, 0) is 30.3 Å². The molecule has 2 heterocycles. The van der Waals surface area contributed by atoms with Gasteiger partial charge in [-0.15, -0.1) is 0 Å². The molecule has 3 rings (SSSR count). The van der Waals surface area contributed by atoms with Crippen molar-refractivity contribution < 1.29 is 0 Å². The quantitative estimate of drug-likeness (QED) is 0.744. The molecule has 108 valence electrons. The molecule has 0 aliphatic rings. The molecule has 0 amide bonds. The van der Waals surface area contributed by atoms with Crippen LogP contribution in [0.25, 0.3) is 10.9 Å². The normalized spacial score (nSPS) is 11.4. The van der Waals surface area contributed by atoms with Gasteiger partial charge in [-0.25, -0.2) is 0 Å². The maximum absolute atomic E-state index is 5.33. The molecular weight excluding hydrogens is 280 g/mol. The number of aromatic amines is 1. The number of H-pyrrole nitrogens is 1. The van der Waals surface area contributed by atoms with Crippen LogP contribution in [-0.2, 0) is 13.0 Å². The highest BCUT2D eigenvalue weighted by Gasteiger charge is 2.10. The Bertz CT molecular complexity index is 811. The Labute approximate surface area is 128 Å².